The van der Waals surface area contributed by atoms with E-state index in [-0.39, 0.29) is 12.1 Å². The summed E-state index contributed by atoms with van der Waals surface area (Å²) in [5.74, 6) is 0. The molecule has 1 saturated heterocycles. The summed E-state index contributed by atoms with van der Waals surface area (Å²) in [6.45, 7) is 1.87. The third-order valence-corrected chi connectivity index (χ3v) is 6.07. The van der Waals surface area contributed by atoms with Crippen molar-refractivity contribution in [3.63, 3.8) is 0 Å². The Labute approximate surface area is 181 Å². The molecule has 2 atom stereocenters. The van der Waals surface area contributed by atoms with Gasteiger partial charge in [-0.25, -0.2) is 8.42 Å². The Hall–Kier alpha value is -2.91. The summed E-state index contributed by atoms with van der Waals surface area (Å²) < 4.78 is 27.9. The number of nitrogens with one attached hydrogen (secondary N) is 2. The van der Waals surface area contributed by atoms with Crippen molar-refractivity contribution in [2.24, 2.45) is 7.05 Å². The molecule has 1 fully saturated rings. The van der Waals surface area contributed by atoms with Gasteiger partial charge < -0.3 is 14.8 Å². The summed E-state index contributed by atoms with van der Waals surface area (Å²) in [5, 5.41) is 4.02. The van der Waals surface area contributed by atoms with E-state index in [0.717, 1.165) is 28.9 Å². The molecule has 0 radical (unpaired) electrons. The highest BCUT2D eigenvalue weighted by atomic mass is 32.2. The highest BCUT2D eigenvalue weighted by molar-refractivity contribution is 7.92. The van der Waals surface area contributed by atoms with E-state index in [1.54, 1.807) is 12.3 Å². The summed E-state index contributed by atoms with van der Waals surface area (Å²) in [5.41, 5.74) is 4.24. The Morgan fingerprint density at radius 2 is 1.97 bits per heavy atom. The Morgan fingerprint density at radius 3 is 2.57 bits per heavy atom. The van der Waals surface area contributed by atoms with E-state index in [2.05, 4.69) is 30.6 Å². The fourth-order valence-corrected chi connectivity index (χ4v) is 4.80. The van der Waals surface area contributed by atoms with Crippen LogP contribution in [0.3, 0.4) is 0 Å². The van der Waals surface area contributed by atoms with Crippen molar-refractivity contribution in [1.29, 1.82) is 0 Å². The molecule has 1 aliphatic rings. The van der Waals surface area contributed by atoms with Crippen LogP contribution in [0.15, 0.2) is 60.9 Å². The molecule has 156 valence electrons. The minimum Gasteiger partial charge on any atom is -0.353 e. The molecule has 1 aliphatic heterocycles. The lowest BCUT2D eigenvalue weighted by Gasteiger charge is -2.28. The molecule has 0 bridgehead atoms. The van der Waals surface area contributed by atoms with Gasteiger partial charge in [0.15, 0.2) is 5.11 Å². The lowest BCUT2D eigenvalue weighted by atomic mass is 10.0. The molecule has 2 N–H and O–H groups in total. The van der Waals surface area contributed by atoms with Gasteiger partial charge in [0.05, 0.1) is 23.7 Å². The first-order chi connectivity index (χ1) is 14.2. The quantitative estimate of drug-likeness (QED) is 0.592. The number of pyridine rings is 1. The normalized spacial score (nSPS) is 19.0. The predicted octanol–water partition coefficient (Wildman–Crippen LogP) is 3.28. The Balaban J connectivity index is 1.79. The van der Waals surface area contributed by atoms with Gasteiger partial charge in [-0.05, 0) is 67.2 Å². The van der Waals surface area contributed by atoms with Gasteiger partial charge in [0.25, 0.3) is 0 Å². The third-order valence-electron chi connectivity index (χ3n) is 5.17. The highest BCUT2D eigenvalue weighted by Crippen LogP contribution is 2.42. The third kappa shape index (κ3) is 3.90. The standard InChI is InChI=1S/C21H23N5O2S2/c1-14-13-15(9-10-16(14)24-30(3,27)28)26-20(18-8-6-12-25(18)2)19(23-21(26)29)17-7-4-5-11-22-17/h4-13,19-20,24H,1-3H3,(H,23,29)/t19-,20+/m1/s1. The van der Waals surface area contributed by atoms with Gasteiger partial charge in [-0.1, -0.05) is 6.07 Å². The van der Waals surface area contributed by atoms with Gasteiger partial charge in [0, 0.05) is 30.8 Å². The van der Waals surface area contributed by atoms with Crippen LogP contribution in [0.25, 0.3) is 0 Å². The molecular formula is C21H23N5O2S2. The molecule has 2 aromatic heterocycles. The number of hydrogen-bond acceptors (Lipinski definition) is 4. The fourth-order valence-electron chi connectivity index (χ4n) is 3.83. The van der Waals surface area contributed by atoms with E-state index >= 15 is 0 Å². The minimum absolute atomic E-state index is 0.111. The summed E-state index contributed by atoms with van der Waals surface area (Å²) in [4.78, 5) is 6.62. The molecule has 30 heavy (non-hydrogen) atoms. The van der Waals surface area contributed by atoms with E-state index < -0.39 is 10.0 Å². The maximum atomic E-state index is 11.6. The van der Waals surface area contributed by atoms with E-state index in [1.165, 1.54) is 0 Å². The molecule has 9 heteroatoms. The second-order valence-corrected chi connectivity index (χ2v) is 9.55. The molecule has 0 unspecified atom stereocenters. The van der Waals surface area contributed by atoms with Gasteiger partial charge in [0.1, 0.15) is 6.04 Å². The van der Waals surface area contributed by atoms with Crippen LogP contribution in [0.2, 0.25) is 0 Å². The van der Waals surface area contributed by atoms with E-state index in [9.17, 15) is 8.42 Å². The first-order valence-corrected chi connectivity index (χ1v) is 11.7. The molecule has 4 rings (SSSR count). The van der Waals surface area contributed by atoms with Crippen molar-refractivity contribution < 1.29 is 8.42 Å². The summed E-state index contributed by atoms with van der Waals surface area (Å²) in [6, 6.07) is 15.3. The molecule has 3 aromatic rings. The van der Waals surface area contributed by atoms with Crippen LogP contribution in [0, 0.1) is 6.92 Å². The molecule has 0 spiro atoms. The van der Waals surface area contributed by atoms with Gasteiger partial charge >= 0.3 is 0 Å². The molecule has 0 aliphatic carbocycles. The van der Waals surface area contributed by atoms with Crippen LogP contribution in [0.5, 0.6) is 0 Å². The van der Waals surface area contributed by atoms with E-state index in [4.69, 9.17) is 12.2 Å². The Bertz CT molecular complexity index is 1190. The van der Waals surface area contributed by atoms with Gasteiger partial charge in [-0.15, -0.1) is 0 Å². The second-order valence-electron chi connectivity index (χ2n) is 7.41. The lowest BCUT2D eigenvalue weighted by molar-refractivity contribution is 0.541. The van der Waals surface area contributed by atoms with Crippen LogP contribution in [-0.2, 0) is 17.1 Å². The number of anilines is 2. The summed E-state index contributed by atoms with van der Waals surface area (Å²) in [7, 11) is -1.34. The highest BCUT2D eigenvalue weighted by Gasteiger charge is 2.41. The number of hydrogen-bond donors (Lipinski definition) is 2. The van der Waals surface area contributed by atoms with Crippen LogP contribution >= 0.6 is 12.2 Å². The fraction of sp³-hybridized carbons (Fsp3) is 0.238. The first-order valence-electron chi connectivity index (χ1n) is 9.45. The number of benzene rings is 1. The van der Waals surface area contributed by atoms with E-state index in [0.29, 0.717) is 10.8 Å². The van der Waals surface area contributed by atoms with Crippen molar-refractivity contribution in [3.8, 4) is 0 Å². The van der Waals surface area contributed by atoms with Gasteiger partial charge in [0.2, 0.25) is 10.0 Å². The maximum absolute atomic E-state index is 11.6. The second kappa shape index (κ2) is 7.73. The van der Waals surface area contributed by atoms with Crippen molar-refractivity contribution in [3.05, 3.63) is 77.9 Å². The number of thiocarbonyl (C=S) groups is 1. The van der Waals surface area contributed by atoms with Crippen molar-refractivity contribution in [1.82, 2.24) is 14.9 Å². The van der Waals surface area contributed by atoms with Crippen molar-refractivity contribution in [2.45, 2.75) is 19.0 Å². The molecule has 0 amide bonds. The zero-order chi connectivity index (χ0) is 21.5. The molecule has 1 aromatic carbocycles. The summed E-state index contributed by atoms with van der Waals surface area (Å²) in [6.07, 6.45) is 4.93. The molecule has 0 saturated carbocycles. The van der Waals surface area contributed by atoms with Crippen LogP contribution in [0.1, 0.15) is 29.0 Å². The van der Waals surface area contributed by atoms with Crippen molar-refractivity contribution >= 4 is 38.7 Å². The predicted molar refractivity (Wildman–Crippen MR) is 123 cm³/mol. The largest absolute Gasteiger partial charge is 0.353 e. The topological polar surface area (TPSA) is 79.3 Å². The average molecular weight is 442 g/mol. The maximum Gasteiger partial charge on any atom is 0.229 e. The number of nitrogens with zero attached hydrogens (tertiary/aromatic N) is 3. The Morgan fingerprint density at radius 1 is 1.17 bits per heavy atom. The van der Waals surface area contributed by atoms with Gasteiger partial charge in [-0.3, -0.25) is 9.71 Å². The van der Waals surface area contributed by atoms with Gasteiger partial charge in [-0.2, -0.15) is 0 Å². The monoisotopic (exact) mass is 441 g/mol. The first kappa shape index (κ1) is 20.4. The molecule has 7 nitrogen and oxygen atoms in total. The summed E-state index contributed by atoms with van der Waals surface area (Å²) >= 11 is 5.72. The van der Waals surface area contributed by atoms with Crippen LogP contribution < -0.4 is 14.9 Å². The number of aryl methyl sites for hydroxylation is 2. The lowest BCUT2D eigenvalue weighted by Crippen LogP contribution is -2.30. The van der Waals surface area contributed by atoms with Crippen molar-refractivity contribution in [2.75, 3.05) is 15.9 Å². The Kier molecular flexibility index (Phi) is 5.25. The minimum atomic E-state index is -3.35. The smallest absolute Gasteiger partial charge is 0.229 e. The zero-order valence-corrected chi connectivity index (χ0v) is 18.5. The average Bonchev–Trinajstić information content (AvgIpc) is 3.25. The number of sulfonamides is 1. The van der Waals surface area contributed by atoms with Crippen LogP contribution in [-0.4, -0.2) is 29.3 Å². The SMILES string of the molecule is Cc1cc(N2C(=S)N[C@H](c3ccccn3)[C@@H]2c2cccn2C)ccc1NS(C)(=O)=O. The molecular weight excluding hydrogens is 418 g/mol. The van der Waals surface area contributed by atoms with E-state index in [1.807, 2.05) is 56.6 Å². The van der Waals surface area contributed by atoms with Crippen LogP contribution in [0.4, 0.5) is 11.4 Å². The number of aromatic nitrogens is 2. The number of rotatable bonds is 5. The zero-order valence-electron chi connectivity index (χ0n) is 16.9. The molecule has 3 heterocycles.